The van der Waals surface area contributed by atoms with Crippen LogP contribution in [0.5, 0.6) is 0 Å². The average molecular weight is 351 g/mol. The van der Waals surface area contributed by atoms with Gasteiger partial charge < -0.3 is 10.4 Å². The van der Waals surface area contributed by atoms with Gasteiger partial charge in [0, 0.05) is 17.1 Å². The molecule has 0 saturated heterocycles. The van der Waals surface area contributed by atoms with Crippen molar-refractivity contribution in [1.29, 1.82) is 0 Å². The van der Waals surface area contributed by atoms with E-state index in [1.54, 1.807) is 4.52 Å². The first-order valence-electron chi connectivity index (χ1n) is 7.55. The van der Waals surface area contributed by atoms with Gasteiger partial charge in [-0.2, -0.15) is 0 Å². The largest absolute Gasteiger partial charge is 0.393 e. The number of fused-ring (bicyclic) bond motifs is 1. The maximum atomic E-state index is 9.39. The van der Waals surface area contributed by atoms with Crippen LogP contribution in [0.15, 0.2) is 30.5 Å². The van der Waals surface area contributed by atoms with Crippen LogP contribution >= 0.6 is 22.9 Å². The molecule has 0 fully saturated rings. The number of halogens is 1. The van der Waals surface area contributed by atoms with Gasteiger partial charge in [0.2, 0.25) is 10.1 Å². The Kier molecular flexibility index (Phi) is 4.84. The Morgan fingerprint density at radius 3 is 2.70 bits per heavy atom. The topological polar surface area (TPSA) is 62.5 Å². The number of aliphatic hydroxyl groups excluding tert-OH is 1. The molecular weight excluding hydrogens is 332 g/mol. The highest BCUT2D eigenvalue weighted by atomic mass is 35.5. The van der Waals surface area contributed by atoms with Gasteiger partial charge in [-0.1, -0.05) is 42.0 Å². The lowest BCUT2D eigenvalue weighted by atomic mass is 10.1. The molecule has 3 rings (SSSR count). The highest BCUT2D eigenvalue weighted by molar-refractivity contribution is 7.20. The third-order valence-corrected chi connectivity index (χ3v) is 4.66. The second-order valence-electron chi connectivity index (χ2n) is 5.84. The molecule has 2 N–H and O–H groups in total. The van der Waals surface area contributed by atoms with E-state index in [9.17, 15) is 5.11 Å². The van der Waals surface area contributed by atoms with Crippen molar-refractivity contribution in [2.24, 2.45) is 5.92 Å². The van der Waals surface area contributed by atoms with Gasteiger partial charge >= 0.3 is 0 Å². The van der Waals surface area contributed by atoms with Crippen LogP contribution in [0, 0.1) is 5.92 Å². The van der Waals surface area contributed by atoms with Gasteiger partial charge in [-0.05, 0) is 31.4 Å². The molecule has 3 aromatic rings. The molecule has 1 aromatic carbocycles. The molecule has 0 spiro atoms. The van der Waals surface area contributed by atoms with Gasteiger partial charge in [-0.25, -0.2) is 9.50 Å². The SMILES string of the molecule is CC(O)CC(C)CNc1nn2cc(-c3ccc(Cl)cc3)nc2s1. The normalized spacial score (nSPS) is 14.1. The molecule has 0 aliphatic heterocycles. The highest BCUT2D eigenvalue weighted by Crippen LogP contribution is 2.25. The molecular formula is C16H19ClN4OS. The fourth-order valence-corrected chi connectivity index (χ4v) is 3.37. The maximum Gasteiger partial charge on any atom is 0.214 e. The first-order valence-corrected chi connectivity index (χ1v) is 8.75. The number of imidazole rings is 1. The van der Waals surface area contributed by atoms with E-state index in [1.807, 2.05) is 37.4 Å². The fourth-order valence-electron chi connectivity index (χ4n) is 2.46. The zero-order valence-corrected chi connectivity index (χ0v) is 14.6. The summed E-state index contributed by atoms with van der Waals surface area (Å²) in [5, 5.41) is 18.8. The molecule has 0 bridgehead atoms. The smallest absolute Gasteiger partial charge is 0.214 e. The van der Waals surface area contributed by atoms with Crippen molar-refractivity contribution in [1.82, 2.24) is 14.6 Å². The molecule has 122 valence electrons. The molecule has 23 heavy (non-hydrogen) atoms. The average Bonchev–Trinajstić information content (AvgIpc) is 3.03. The van der Waals surface area contributed by atoms with Gasteiger partial charge in [-0.3, -0.25) is 0 Å². The first-order chi connectivity index (χ1) is 11.0. The number of nitrogens with one attached hydrogen (secondary N) is 1. The lowest BCUT2D eigenvalue weighted by Gasteiger charge is -2.13. The molecule has 0 saturated carbocycles. The summed E-state index contributed by atoms with van der Waals surface area (Å²) in [4.78, 5) is 5.45. The Morgan fingerprint density at radius 1 is 1.30 bits per heavy atom. The third-order valence-electron chi connectivity index (χ3n) is 3.53. The van der Waals surface area contributed by atoms with Crippen LogP contribution in [-0.4, -0.2) is 32.4 Å². The molecule has 7 heteroatoms. The number of nitrogens with zero attached hydrogens (tertiary/aromatic N) is 3. The lowest BCUT2D eigenvalue weighted by molar-refractivity contribution is 0.166. The molecule has 0 radical (unpaired) electrons. The molecule has 0 aliphatic carbocycles. The van der Waals surface area contributed by atoms with E-state index in [2.05, 4.69) is 22.3 Å². The van der Waals surface area contributed by atoms with Gasteiger partial charge in [0.15, 0.2) is 0 Å². The summed E-state index contributed by atoms with van der Waals surface area (Å²) in [5.41, 5.74) is 1.90. The number of aromatic nitrogens is 3. The monoisotopic (exact) mass is 350 g/mol. The number of hydrogen-bond acceptors (Lipinski definition) is 5. The van der Waals surface area contributed by atoms with Crippen molar-refractivity contribution in [2.45, 2.75) is 26.4 Å². The number of hydrogen-bond donors (Lipinski definition) is 2. The van der Waals surface area contributed by atoms with Crippen LogP contribution in [-0.2, 0) is 0 Å². The van der Waals surface area contributed by atoms with E-state index >= 15 is 0 Å². The Hall–Kier alpha value is -1.63. The second kappa shape index (κ2) is 6.86. The third kappa shape index (κ3) is 4.02. The Morgan fingerprint density at radius 2 is 2.04 bits per heavy atom. The van der Waals surface area contributed by atoms with Gasteiger partial charge in [0.1, 0.15) is 0 Å². The summed E-state index contributed by atoms with van der Waals surface area (Å²) in [7, 11) is 0. The predicted molar refractivity (Wildman–Crippen MR) is 95.3 cm³/mol. The van der Waals surface area contributed by atoms with Crippen LogP contribution in [0.3, 0.4) is 0 Å². The van der Waals surface area contributed by atoms with Crippen molar-refractivity contribution in [3.63, 3.8) is 0 Å². The number of aliphatic hydroxyl groups is 1. The predicted octanol–water partition coefficient (Wildman–Crippen LogP) is 3.93. The molecule has 2 atom stereocenters. The Bertz CT molecular complexity index is 750. The van der Waals surface area contributed by atoms with Crippen LogP contribution in [0.1, 0.15) is 20.3 Å². The summed E-state index contributed by atoms with van der Waals surface area (Å²) < 4.78 is 1.79. The van der Waals surface area contributed by atoms with Crippen molar-refractivity contribution in [2.75, 3.05) is 11.9 Å². The molecule has 0 aliphatic rings. The van der Waals surface area contributed by atoms with E-state index in [0.29, 0.717) is 10.9 Å². The molecule has 5 nitrogen and oxygen atoms in total. The molecule has 2 unspecified atom stereocenters. The summed E-state index contributed by atoms with van der Waals surface area (Å²) in [6.07, 6.45) is 2.41. The van der Waals surface area contributed by atoms with Gasteiger partial charge in [0.05, 0.1) is 18.0 Å². The number of anilines is 1. The van der Waals surface area contributed by atoms with E-state index in [-0.39, 0.29) is 6.10 Å². The van der Waals surface area contributed by atoms with E-state index in [0.717, 1.165) is 34.3 Å². The standard InChI is InChI=1S/C16H19ClN4OS/c1-10(7-11(2)22)8-18-15-20-21-9-14(19-16(21)23-15)12-3-5-13(17)6-4-12/h3-6,9-11,22H,7-8H2,1-2H3,(H,18,20). The van der Waals surface area contributed by atoms with Crippen molar-refractivity contribution >= 4 is 33.0 Å². The van der Waals surface area contributed by atoms with E-state index in [4.69, 9.17) is 11.6 Å². The van der Waals surface area contributed by atoms with Crippen molar-refractivity contribution in [3.8, 4) is 11.3 Å². The number of benzene rings is 1. The highest BCUT2D eigenvalue weighted by Gasteiger charge is 2.11. The zero-order valence-electron chi connectivity index (χ0n) is 13.0. The quantitative estimate of drug-likeness (QED) is 0.707. The molecule has 0 amide bonds. The van der Waals surface area contributed by atoms with Crippen LogP contribution in [0.25, 0.3) is 16.2 Å². The van der Waals surface area contributed by atoms with Crippen molar-refractivity contribution < 1.29 is 5.11 Å². The van der Waals surface area contributed by atoms with Crippen LogP contribution in [0.2, 0.25) is 5.02 Å². The van der Waals surface area contributed by atoms with Gasteiger partial charge in [0.25, 0.3) is 0 Å². The maximum absolute atomic E-state index is 9.39. The fraction of sp³-hybridized carbons (Fsp3) is 0.375. The minimum atomic E-state index is -0.276. The molecule has 2 heterocycles. The lowest BCUT2D eigenvalue weighted by Crippen LogP contribution is -2.16. The Labute approximate surface area is 143 Å². The van der Waals surface area contributed by atoms with Crippen LogP contribution in [0.4, 0.5) is 5.13 Å². The minimum absolute atomic E-state index is 0.276. The summed E-state index contributed by atoms with van der Waals surface area (Å²) >= 11 is 7.43. The molecule has 2 aromatic heterocycles. The number of rotatable bonds is 6. The van der Waals surface area contributed by atoms with Crippen molar-refractivity contribution in [3.05, 3.63) is 35.5 Å². The Balaban J connectivity index is 1.69. The van der Waals surface area contributed by atoms with Crippen LogP contribution < -0.4 is 5.32 Å². The summed E-state index contributed by atoms with van der Waals surface area (Å²) in [5.74, 6) is 0.385. The first kappa shape index (κ1) is 16.2. The van der Waals surface area contributed by atoms with E-state index in [1.165, 1.54) is 11.3 Å². The van der Waals surface area contributed by atoms with E-state index < -0.39 is 0 Å². The second-order valence-corrected chi connectivity index (χ2v) is 7.23. The summed E-state index contributed by atoms with van der Waals surface area (Å²) in [6.45, 7) is 4.70. The van der Waals surface area contributed by atoms with Gasteiger partial charge in [-0.15, -0.1) is 5.10 Å². The summed E-state index contributed by atoms with van der Waals surface area (Å²) in [6, 6.07) is 7.61. The zero-order chi connectivity index (χ0) is 16.4. The minimum Gasteiger partial charge on any atom is -0.393 e.